The number of rotatable bonds is 3. The third kappa shape index (κ3) is 4.98. The highest BCUT2D eigenvalue weighted by molar-refractivity contribution is 5.85. The quantitative estimate of drug-likeness (QED) is 0.923. The normalized spacial score (nSPS) is 18.2. The molecule has 0 spiro atoms. The van der Waals surface area contributed by atoms with Crippen LogP contribution in [0, 0.1) is 6.92 Å². The van der Waals surface area contributed by atoms with E-state index in [1.165, 1.54) is 0 Å². The summed E-state index contributed by atoms with van der Waals surface area (Å²) >= 11 is 0. The van der Waals surface area contributed by atoms with Crippen LogP contribution in [0.1, 0.15) is 51.2 Å². The fourth-order valence-corrected chi connectivity index (χ4v) is 2.85. The van der Waals surface area contributed by atoms with Gasteiger partial charge in [-0.05, 0) is 58.1 Å². The molecule has 0 bridgehead atoms. The van der Waals surface area contributed by atoms with E-state index >= 15 is 0 Å². The lowest BCUT2D eigenvalue weighted by molar-refractivity contribution is -0.127. The second kappa shape index (κ2) is 7.69. The Kier molecular flexibility index (Phi) is 5.86. The van der Waals surface area contributed by atoms with Crippen molar-refractivity contribution in [2.75, 3.05) is 6.54 Å². The van der Waals surface area contributed by atoms with Crippen LogP contribution in [0.25, 0.3) is 0 Å². The molecule has 1 aromatic carbocycles. The first-order chi connectivity index (χ1) is 11.3. The largest absolute Gasteiger partial charge is 0.444 e. The van der Waals surface area contributed by atoms with Crippen molar-refractivity contribution in [1.29, 1.82) is 0 Å². The SMILES string of the molecule is Cc1ccccc1CNC(=O)C1CCCCN1C(=O)OC(C)(C)C. The molecule has 1 atom stereocenters. The van der Waals surface area contributed by atoms with E-state index in [2.05, 4.69) is 5.32 Å². The number of nitrogens with zero attached hydrogens (tertiary/aromatic N) is 1. The van der Waals surface area contributed by atoms with E-state index in [4.69, 9.17) is 4.74 Å². The molecule has 0 aliphatic carbocycles. The van der Waals surface area contributed by atoms with Crippen molar-refractivity contribution in [1.82, 2.24) is 10.2 Å². The zero-order chi connectivity index (χ0) is 17.7. The van der Waals surface area contributed by atoms with E-state index in [0.717, 1.165) is 24.0 Å². The minimum Gasteiger partial charge on any atom is -0.444 e. The van der Waals surface area contributed by atoms with E-state index in [-0.39, 0.29) is 5.91 Å². The molecule has 5 heteroatoms. The van der Waals surface area contributed by atoms with Gasteiger partial charge in [0.2, 0.25) is 5.91 Å². The fourth-order valence-electron chi connectivity index (χ4n) is 2.85. The molecule has 5 nitrogen and oxygen atoms in total. The maximum atomic E-state index is 12.6. The van der Waals surface area contributed by atoms with Crippen LogP contribution in [-0.2, 0) is 16.1 Å². The van der Waals surface area contributed by atoms with Crippen molar-refractivity contribution in [3.05, 3.63) is 35.4 Å². The number of ether oxygens (including phenoxy) is 1. The van der Waals surface area contributed by atoms with Crippen LogP contribution in [0.3, 0.4) is 0 Å². The third-order valence-electron chi connectivity index (χ3n) is 4.15. The van der Waals surface area contributed by atoms with Gasteiger partial charge in [-0.3, -0.25) is 9.69 Å². The van der Waals surface area contributed by atoms with Crippen molar-refractivity contribution < 1.29 is 14.3 Å². The Morgan fingerprint density at radius 1 is 1.25 bits per heavy atom. The van der Waals surface area contributed by atoms with Crippen LogP contribution < -0.4 is 5.32 Å². The Morgan fingerprint density at radius 2 is 1.96 bits per heavy atom. The molecule has 1 N–H and O–H groups in total. The molecule has 0 aromatic heterocycles. The summed E-state index contributed by atoms with van der Waals surface area (Å²) in [5.41, 5.74) is 1.67. The van der Waals surface area contributed by atoms with Gasteiger partial charge in [-0.1, -0.05) is 24.3 Å². The number of piperidine rings is 1. The molecule has 1 aliphatic rings. The summed E-state index contributed by atoms with van der Waals surface area (Å²) < 4.78 is 5.45. The number of carbonyl (C=O) groups excluding carboxylic acids is 2. The Hall–Kier alpha value is -2.04. The van der Waals surface area contributed by atoms with E-state index in [1.54, 1.807) is 4.90 Å². The van der Waals surface area contributed by atoms with Crippen molar-refractivity contribution in [3.8, 4) is 0 Å². The van der Waals surface area contributed by atoms with Crippen LogP contribution in [0.4, 0.5) is 4.79 Å². The number of carbonyl (C=O) groups is 2. The number of benzene rings is 1. The highest BCUT2D eigenvalue weighted by atomic mass is 16.6. The van der Waals surface area contributed by atoms with Gasteiger partial charge in [0.05, 0.1) is 0 Å². The average Bonchev–Trinajstić information content (AvgIpc) is 2.52. The van der Waals surface area contributed by atoms with Crippen LogP contribution in [-0.4, -0.2) is 35.1 Å². The number of hydrogen-bond acceptors (Lipinski definition) is 3. The Balaban J connectivity index is 2.00. The maximum absolute atomic E-state index is 12.6. The molecule has 1 fully saturated rings. The summed E-state index contributed by atoms with van der Waals surface area (Å²) in [5, 5.41) is 2.97. The molecule has 24 heavy (non-hydrogen) atoms. The van der Waals surface area contributed by atoms with Crippen LogP contribution in [0.5, 0.6) is 0 Å². The van der Waals surface area contributed by atoms with Gasteiger partial charge in [0.15, 0.2) is 0 Å². The van der Waals surface area contributed by atoms with Crippen molar-refractivity contribution in [3.63, 3.8) is 0 Å². The van der Waals surface area contributed by atoms with Gasteiger partial charge in [0.25, 0.3) is 0 Å². The Labute approximate surface area is 144 Å². The summed E-state index contributed by atoms with van der Waals surface area (Å²) in [4.78, 5) is 26.6. The molecular weight excluding hydrogens is 304 g/mol. The predicted octanol–water partition coefficient (Wildman–Crippen LogP) is 3.40. The van der Waals surface area contributed by atoms with Crippen molar-refractivity contribution in [2.45, 2.75) is 65.1 Å². The summed E-state index contributed by atoms with van der Waals surface area (Å²) in [7, 11) is 0. The van der Waals surface area contributed by atoms with Crippen LogP contribution in [0.2, 0.25) is 0 Å². The average molecular weight is 332 g/mol. The lowest BCUT2D eigenvalue weighted by atomic mass is 10.0. The van der Waals surface area contributed by atoms with E-state index in [9.17, 15) is 9.59 Å². The molecule has 1 aromatic rings. The minimum atomic E-state index is -0.559. The number of likely N-dealkylation sites (tertiary alicyclic amines) is 1. The van der Waals surface area contributed by atoms with Gasteiger partial charge in [0, 0.05) is 13.1 Å². The molecule has 1 aliphatic heterocycles. The molecule has 0 saturated carbocycles. The lowest BCUT2D eigenvalue weighted by Crippen LogP contribution is -2.53. The summed E-state index contributed by atoms with van der Waals surface area (Å²) in [6, 6.07) is 7.52. The van der Waals surface area contributed by atoms with Gasteiger partial charge >= 0.3 is 6.09 Å². The number of amides is 2. The van der Waals surface area contributed by atoms with E-state index in [1.807, 2.05) is 52.0 Å². The second-order valence-corrected chi connectivity index (χ2v) is 7.33. The number of hydrogen-bond donors (Lipinski definition) is 1. The molecular formula is C19H28N2O3. The molecule has 1 saturated heterocycles. The highest BCUT2D eigenvalue weighted by Crippen LogP contribution is 2.21. The minimum absolute atomic E-state index is 0.108. The Bertz CT molecular complexity index is 593. The third-order valence-corrected chi connectivity index (χ3v) is 4.15. The molecule has 1 heterocycles. The molecule has 1 unspecified atom stereocenters. The standard InChI is InChI=1S/C19H28N2O3/c1-14-9-5-6-10-15(14)13-20-17(22)16-11-7-8-12-21(16)18(23)24-19(2,3)4/h5-6,9-10,16H,7-8,11-13H2,1-4H3,(H,20,22). The van der Waals surface area contributed by atoms with Gasteiger partial charge in [-0.15, -0.1) is 0 Å². The van der Waals surface area contributed by atoms with Gasteiger partial charge in [-0.2, -0.15) is 0 Å². The summed E-state index contributed by atoms with van der Waals surface area (Å²) in [6.45, 7) is 8.57. The molecule has 0 radical (unpaired) electrons. The first kappa shape index (κ1) is 18.3. The number of aryl methyl sites for hydroxylation is 1. The zero-order valence-corrected chi connectivity index (χ0v) is 15.1. The van der Waals surface area contributed by atoms with Crippen LogP contribution in [0.15, 0.2) is 24.3 Å². The van der Waals surface area contributed by atoms with Crippen molar-refractivity contribution in [2.24, 2.45) is 0 Å². The second-order valence-electron chi connectivity index (χ2n) is 7.33. The zero-order valence-electron chi connectivity index (χ0n) is 15.1. The highest BCUT2D eigenvalue weighted by Gasteiger charge is 2.34. The first-order valence-electron chi connectivity index (χ1n) is 8.60. The van der Waals surface area contributed by atoms with Gasteiger partial charge in [-0.25, -0.2) is 4.79 Å². The van der Waals surface area contributed by atoms with E-state index in [0.29, 0.717) is 19.5 Å². The van der Waals surface area contributed by atoms with Crippen LogP contribution >= 0.6 is 0 Å². The van der Waals surface area contributed by atoms with Gasteiger partial charge in [0.1, 0.15) is 11.6 Å². The molecule has 132 valence electrons. The smallest absolute Gasteiger partial charge is 0.410 e. The molecule has 2 rings (SSSR count). The molecule has 2 amide bonds. The number of nitrogens with one attached hydrogen (secondary N) is 1. The van der Waals surface area contributed by atoms with Crippen molar-refractivity contribution >= 4 is 12.0 Å². The topological polar surface area (TPSA) is 58.6 Å². The Morgan fingerprint density at radius 3 is 2.62 bits per heavy atom. The lowest BCUT2D eigenvalue weighted by Gasteiger charge is -2.35. The fraction of sp³-hybridized carbons (Fsp3) is 0.579. The summed E-state index contributed by atoms with van der Waals surface area (Å²) in [5.74, 6) is -0.108. The summed E-state index contributed by atoms with van der Waals surface area (Å²) in [6.07, 6.45) is 2.12. The monoisotopic (exact) mass is 332 g/mol. The first-order valence-corrected chi connectivity index (χ1v) is 8.60. The van der Waals surface area contributed by atoms with Gasteiger partial charge < -0.3 is 10.1 Å². The maximum Gasteiger partial charge on any atom is 0.410 e. The van der Waals surface area contributed by atoms with E-state index < -0.39 is 17.7 Å². The predicted molar refractivity (Wildman–Crippen MR) is 93.6 cm³/mol.